The molecule has 3 N–H and O–H groups in total. The Labute approximate surface area is 86.4 Å². The molecule has 0 spiro atoms. The summed E-state index contributed by atoms with van der Waals surface area (Å²) in [7, 11) is -4.64. The summed E-state index contributed by atoms with van der Waals surface area (Å²) in [6, 6.07) is 0. The van der Waals surface area contributed by atoms with Crippen LogP contribution in [0.2, 0.25) is 0 Å². The minimum atomic E-state index is -4.64. The quantitative estimate of drug-likeness (QED) is 0.391. The molecule has 0 bridgehead atoms. The topological polar surface area (TPSA) is 77.8 Å². The first-order chi connectivity index (χ1) is 4.77. The normalized spacial score (nSPS) is 9.92. The third kappa shape index (κ3) is 73.0. The average Bonchev–Trinajstić information content (AvgIpc) is 1.58. The van der Waals surface area contributed by atoms with Crippen LogP contribution in [0.5, 0.6) is 0 Å². The van der Waals surface area contributed by atoms with Crippen molar-refractivity contribution in [1.82, 2.24) is 0 Å². The van der Waals surface area contributed by atoms with E-state index in [0.717, 1.165) is 5.92 Å². The minimum Gasteiger partial charge on any atom is -0.331 e. The maximum absolute atomic E-state index is 8.88. The Morgan fingerprint density at radius 3 is 1.58 bits per heavy atom. The van der Waals surface area contributed by atoms with Crippen molar-refractivity contribution in [3.05, 3.63) is 6.42 Å². The van der Waals surface area contributed by atoms with Gasteiger partial charge in [0.05, 0.1) is 0 Å². The molecule has 0 aromatic carbocycles. The monoisotopic (exact) mass is 247 g/mol. The van der Waals surface area contributed by atoms with Crippen LogP contribution in [-0.2, 0) is 24.0 Å². The van der Waals surface area contributed by atoms with Crippen LogP contribution < -0.4 is 0 Å². The average molecular weight is 249 g/mol. The van der Waals surface area contributed by atoms with E-state index >= 15 is 0 Å². The van der Waals surface area contributed by atoms with Gasteiger partial charge < -0.3 is 21.1 Å². The van der Waals surface area contributed by atoms with Crippen molar-refractivity contribution < 1.29 is 38.7 Å². The second-order valence-electron chi connectivity index (χ2n) is 2.55. The van der Waals surface area contributed by atoms with Crippen LogP contribution in [0.3, 0.4) is 0 Å². The van der Waals surface area contributed by atoms with Crippen molar-refractivity contribution in [2.24, 2.45) is 5.92 Å². The van der Waals surface area contributed by atoms with Gasteiger partial charge in [0, 0.05) is 19.5 Å². The molecule has 0 amide bonds. The van der Waals surface area contributed by atoms with E-state index in [1.807, 2.05) is 0 Å². The second-order valence-corrected chi connectivity index (χ2v) is 3.58. The predicted molar refractivity (Wildman–Crippen MR) is 43.7 cm³/mol. The van der Waals surface area contributed by atoms with Gasteiger partial charge in [0.25, 0.3) is 0 Å². The number of hydrogen-bond acceptors (Lipinski definition) is 1. The van der Waals surface area contributed by atoms with Crippen molar-refractivity contribution >= 4 is 7.82 Å². The minimum absolute atomic E-state index is 0. The Kier molecular flexibility index (Phi) is 15.1. The first kappa shape index (κ1) is 18.5. The van der Waals surface area contributed by atoms with E-state index in [2.05, 4.69) is 27.2 Å². The first-order valence-electron chi connectivity index (χ1n) is 3.33. The van der Waals surface area contributed by atoms with Crippen molar-refractivity contribution in [3.8, 4) is 0 Å². The molecule has 0 rings (SSSR count). The molecule has 72 valence electrons. The summed E-state index contributed by atoms with van der Waals surface area (Å²) in [4.78, 5) is 21.6. The van der Waals surface area contributed by atoms with Crippen LogP contribution in [0.1, 0.15) is 27.2 Å². The molecule has 0 atom stereocenters. The van der Waals surface area contributed by atoms with E-state index in [9.17, 15) is 0 Å². The van der Waals surface area contributed by atoms with Crippen LogP contribution in [0.4, 0.5) is 0 Å². The Morgan fingerprint density at radius 1 is 1.33 bits per heavy atom. The summed E-state index contributed by atoms with van der Waals surface area (Å²) in [6.07, 6.45) is 3.45. The molecule has 0 fully saturated rings. The third-order valence-electron chi connectivity index (χ3n) is 0.707. The SMILES string of the molecule is C[CH-]CC(C)C.O=P(O)(O)O.[Zn]. The fourth-order valence-electron chi connectivity index (χ4n) is 0.471. The molecule has 0 radical (unpaired) electrons. The van der Waals surface area contributed by atoms with Gasteiger partial charge in [0.2, 0.25) is 0 Å². The van der Waals surface area contributed by atoms with Crippen molar-refractivity contribution in [2.45, 2.75) is 27.2 Å². The van der Waals surface area contributed by atoms with E-state index in [0.29, 0.717) is 0 Å². The fourth-order valence-corrected chi connectivity index (χ4v) is 0.471. The molecular formula is C6H16O4PZn-. The molecule has 12 heavy (non-hydrogen) atoms. The molecule has 0 saturated heterocycles. The van der Waals surface area contributed by atoms with Gasteiger partial charge in [0.1, 0.15) is 0 Å². The molecule has 0 aliphatic rings. The molecule has 0 aromatic heterocycles. The van der Waals surface area contributed by atoms with E-state index in [4.69, 9.17) is 19.2 Å². The van der Waals surface area contributed by atoms with Crippen molar-refractivity contribution in [2.75, 3.05) is 0 Å². The Morgan fingerprint density at radius 2 is 1.58 bits per heavy atom. The van der Waals surface area contributed by atoms with E-state index in [-0.39, 0.29) is 19.5 Å². The van der Waals surface area contributed by atoms with Gasteiger partial charge in [-0.15, -0.1) is 0 Å². The number of rotatable bonds is 2. The summed E-state index contributed by atoms with van der Waals surface area (Å²) in [5, 5.41) is 0. The van der Waals surface area contributed by atoms with Crippen molar-refractivity contribution in [1.29, 1.82) is 0 Å². The molecule has 6 heteroatoms. The third-order valence-corrected chi connectivity index (χ3v) is 0.707. The summed E-state index contributed by atoms with van der Waals surface area (Å²) in [5.41, 5.74) is 0. The number of hydrogen-bond donors (Lipinski definition) is 3. The fraction of sp³-hybridized carbons (Fsp3) is 0.833. The molecule has 4 nitrogen and oxygen atoms in total. The van der Waals surface area contributed by atoms with Gasteiger partial charge in [-0.25, -0.2) is 4.57 Å². The van der Waals surface area contributed by atoms with Crippen LogP contribution >= 0.6 is 7.82 Å². The van der Waals surface area contributed by atoms with Gasteiger partial charge >= 0.3 is 7.82 Å². The maximum Gasteiger partial charge on any atom is 0.466 e. The zero-order chi connectivity index (χ0) is 9.49. The predicted octanol–water partition coefficient (Wildman–Crippen LogP) is 1.33. The first-order valence-corrected chi connectivity index (χ1v) is 4.90. The van der Waals surface area contributed by atoms with E-state index in [1.54, 1.807) is 0 Å². The molecule has 0 heterocycles. The maximum atomic E-state index is 8.88. The van der Waals surface area contributed by atoms with Crippen LogP contribution in [0.15, 0.2) is 0 Å². The van der Waals surface area contributed by atoms with Gasteiger partial charge in [-0.1, -0.05) is 19.8 Å². The van der Waals surface area contributed by atoms with Gasteiger partial charge in [-0.3, -0.25) is 0 Å². The molecule has 0 unspecified atom stereocenters. The largest absolute Gasteiger partial charge is 0.466 e. The van der Waals surface area contributed by atoms with Crippen molar-refractivity contribution in [3.63, 3.8) is 0 Å². The zero-order valence-corrected chi connectivity index (χ0v) is 11.6. The van der Waals surface area contributed by atoms with E-state index < -0.39 is 7.82 Å². The van der Waals surface area contributed by atoms with Crippen LogP contribution in [-0.4, -0.2) is 14.7 Å². The molecule has 0 aliphatic carbocycles. The van der Waals surface area contributed by atoms with Gasteiger partial charge in [-0.05, 0) is 0 Å². The second kappa shape index (κ2) is 9.82. The Balaban J connectivity index is -0.000000126. The molecular weight excluding hydrogens is 232 g/mol. The summed E-state index contributed by atoms with van der Waals surface area (Å²) < 4.78 is 8.88. The summed E-state index contributed by atoms with van der Waals surface area (Å²) in [6.45, 7) is 6.54. The molecule has 0 aliphatic heterocycles. The van der Waals surface area contributed by atoms with Gasteiger partial charge in [-0.2, -0.15) is 13.3 Å². The Bertz CT molecular complexity index is 114. The molecule has 0 saturated carbocycles. The number of phosphoric acid groups is 1. The van der Waals surface area contributed by atoms with E-state index in [1.165, 1.54) is 6.42 Å². The van der Waals surface area contributed by atoms with Gasteiger partial charge in [0.15, 0.2) is 0 Å². The van der Waals surface area contributed by atoms with Crippen LogP contribution in [0.25, 0.3) is 0 Å². The zero-order valence-electron chi connectivity index (χ0n) is 7.77. The Hall–Kier alpha value is 0.733. The summed E-state index contributed by atoms with van der Waals surface area (Å²) >= 11 is 0. The summed E-state index contributed by atoms with van der Waals surface area (Å²) in [5.74, 6) is 0.843. The van der Waals surface area contributed by atoms with Crippen LogP contribution in [0, 0.1) is 12.3 Å². The standard InChI is InChI=1S/C6H13.H3O4P.Zn/c1-4-5-6(2)3;1-5(2,3)4;/h4,6H,5H2,1-3H3;(H3,1,2,3,4);/q-1;;. The molecule has 0 aromatic rings. The smallest absolute Gasteiger partial charge is 0.331 e.